The normalized spacial score (nSPS) is 20.9. The van der Waals surface area contributed by atoms with Gasteiger partial charge in [-0.1, -0.05) is 0 Å². The van der Waals surface area contributed by atoms with Crippen molar-refractivity contribution in [2.75, 3.05) is 4.90 Å². The molecule has 0 spiro atoms. The largest absolute Gasteiger partial charge is 0.351 e. The van der Waals surface area contributed by atoms with Crippen molar-refractivity contribution in [1.82, 2.24) is 9.36 Å². The highest BCUT2D eigenvalue weighted by molar-refractivity contribution is 7.09. The smallest absolute Gasteiger partial charge is 0.258 e. The first-order valence-corrected chi connectivity index (χ1v) is 6.22. The molecule has 2 heterocycles. The van der Waals surface area contributed by atoms with Gasteiger partial charge in [-0.05, 0) is 33.3 Å². The van der Waals surface area contributed by atoms with Crippen molar-refractivity contribution in [3.05, 3.63) is 17.5 Å². The van der Waals surface area contributed by atoms with E-state index >= 15 is 0 Å². The lowest BCUT2D eigenvalue weighted by Gasteiger charge is -2.25. The first kappa shape index (κ1) is 12.2. The summed E-state index contributed by atoms with van der Waals surface area (Å²) in [4.78, 5) is 17.8. The molecule has 92 valence electrons. The Morgan fingerprint density at radius 3 is 2.71 bits per heavy atom. The van der Waals surface area contributed by atoms with Crippen molar-refractivity contribution in [2.45, 2.75) is 40.0 Å². The molecule has 1 unspecified atom stereocenters. The summed E-state index contributed by atoms with van der Waals surface area (Å²) in [6, 6.07) is 0. The Morgan fingerprint density at radius 1 is 1.47 bits per heavy atom. The van der Waals surface area contributed by atoms with E-state index in [9.17, 15) is 4.79 Å². The van der Waals surface area contributed by atoms with E-state index < -0.39 is 0 Å². The van der Waals surface area contributed by atoms with Crippen molar-refractivity contribution in [1.29, 1.82) is 0 Å². The molecule has 1 atom stereocenters. The maximum absolute atomic E-state index is 12.1. The summed E-state index contributed by atoms with van der Waals surface area (Å²) in [6.45, 7) is 7.63. The fourth-order valence-corrected chi connectivity index (χ4v) is 2.27. The third kappa shape index (κ3) is 2.10. The van der Waals surface area contributed by atoms with E-state index in [-0.39, 0.29) is 18.2 Å². The highest BCUT2D eigenvalue weighted by Gasteiger charge is 2.38. The van der Waals surface area contributed by atoms with E-state index in [4.69, 9.17) is 4.74 Å². The van der Waals surface area contributed by atoms with Crippen molar-refractivity contribution >= 4 is 22.6 Å². The fourth-order valence-electron chi connectivity index (χ4n) is 1.72. The number of nitrogens with zero attached hydrogens (tertiary/aromatic N) is 3. The van der Waals surface area contributed by atoms with Gasteiger partial charge in [-0.3, -0.25) is 9.69 Å². The van der Waals surface area contributed by atoms with E-state index in [1.165, 1.54) is 17.9 Å². The standard InChI is InChI=1S/C11H15N3O2S/c1-6(2)16-10-8(4)7(3)9(15)14(10)11-12-5-13-17-11/h5-6,10H,1-4H3. The first-order valence-electron chi connectivity index (χ1n) is 5.45. The van der Waals surface area contributed by atoms with Gasteiger partial charge in [-0.2, -0.15) is 4.37 Å². The third-order valence-electron chi connectivity index (χ3n) is 2.69. The van der Waals surface area contributed by atoms with Gasteiger partial charge >= 0.3 is 0 Å². The number of rotatable bonds is 3. The Morgan fingerprint density at radius 2 is 2.18 bits per heavy atom. The molecular weight excluding hydrogens is 238 g/mol. The zero-order chi connectivity index (χ0) is 12.6. The predicted molar refractivity (Wildman–Crippen MR) is 65.8 cm³/mol. The summed E-state index contributed by atoms with van der Waals surface area (Å²) in [6.07, 6.45) is 1.14. The highest BCUT2D eigenvalue weighted by Crippen LogP contribution is 2.32. The van der Waals surface area contributed by atoms with Crippen LogP contribution in [0.1, 0.15) is 27.7 Å². The van der Waals surface area contributed by atoms with Gasteiger partial charge in [0, 0.05) is 17.1 Å². The zero-order valence-electron chi connectivity index (χ0n) is 10.3. The van der Waals surface area contributed by atoms with Crippen molar-refractivity contribution in [2.24, 2.45) is 0 Å². The highest BCUT2D eigenvalue weighted by atomic mass is 32.1. The molecule has 6 heteroatoms. The van der Waals surface area contributed by atoms with Crippen LogP contribution in [0.25, 0.3) is 0 Å². The van der Waals surface area contributed by atoms with E-state index in [1.54, 1.807) is 4.90 Å². The summed E-state index contributed by atoms with van der Waals surface area (Å²) in [5.41, 5.74) is 1.67. The Hall–Kier alpha value is -1.27. The molecule has 1 aromatic rings. The van der Waals surface area contributed by atoms with Crippen LogP contribution in [0, 0.1) is 0 Å². The number of anilines is 1. The number of carbonyl (C=O) groups is 1. The number of hydrogen-bond donors (Lipinski definition) is 0. The minimum Gasteiger partial charge on any atom is -0.351 e. The third-order valence-corrected chi connectivity index (χ3v) is 3.36. The molecule has 0 fully saturated rings. The molecule has 1 aliphatic rings. The number of hydrogen-bond acceptors (Lipinski definition) is 5. The van der Waals surface area contributed by atoms with Crippen LogP contribution in [0.4, 0.5) is 5.13 Å². The molecule has 1 aromatic heterocycles. The molecule has 1 aliphatic heterocycles. The van der Waals surface area contributed by atoms with Gasteiger partial charge in [-0.25, -0.2) is 4.98 Å². The van der Waals surface area contributed by atoms with E-state index in [1.807, 2.05) is 27.7 Å². The van der Waals surface area contributed by atoms with Gasteiger partial charge in [0.15, 0.2) is 6.23 Å². The second kappa shape index (κ2) is 4.54. The van der Waals surface area contributed by atoms with Crippen LogP contribution in [0.3, 0.4) is 0 Å². The molecule has 5 nitrogen and oxygen atoms in total. The van der Waals surface area contributed by atoms with Crippen molar-refractivity contribution in [3.8, 4) is 0 Å². The second-order valence-corrected chi connectivity index (χ2v) is 5.00. The molecule has 1 amide bonds. The van der Waals surface area contributed by atoms with Crippen LogP contribution < -0.4 is 4.90 Å². The Labute approximate surface area is 104 Å². The van der Waals surface area contributed by atoms with Gasteiger partial charge in [0.25, 0.3) is 5.91 Å². The molecule has 0 bridgehead atoms. The summed E-state index contributed by atoms with van der Waals surface area (Å²) >= 11 is 1.20. The fraction of sp³-hybridized carbons (Fsp3) is 0.545. The molecule has 0 aromatic carbocycles. The topological polar surface area (TPSA) is 55.3 Å². The Bertz CT molecular complexity index is 453. The number of amides is 1. The average Bonchev–Trinajstić information content (AvgIpc) is 2.84. The SMILES string of the molecule is CC1=C(C)C(OC(C)C)N(c2ncns2)C1=O. The molecule has 0 saturated heterocycles. The lowest BCUT2D eigenvalue weighted by Crippen LogP contribution is -2.38. The van der Waals surface area contributed by atoms with Crippen LogP contribution in [0.2, 0.25) is 0 Å². The van der Waals surface area contributed by atoms with Gasteiger partial charge in [-0.15, -0.1) is 0 Å². The summed E-state index contributed by atoms with van der Waals surface area (Å²) in [5.74, 6) is -0.0510. The first-order chi connectivity index (χ1) is 8.02. The van der Waals surface area contributed by atoms with Crippen molar-refractivity contribution < 1.29 is 9.53 Å². The van der Waals surface area contributed by atoms with Gasteiger partial charge in [0.05, 0.1) is 6.10 Å². The maximum atomic E-state index is 12.1. The zero-order valence-corrected chi connectivity index (χ0v) is 11.1. The lowest BCUT2D eigenvalue weighted by atomic mass is 10.2. The molecule has 0 radical (unpaired) electrons. The van der Waals surface area contributed by atoms with Crippen LogP contribution in [-0.2, 0) is 9.53 Å². The van der Waals surface area contributed by atoms with E-state index in [0.29, 0.717) is 5.13 Å². The van der Waals surface area contributed by atoms with Gasteiger partial charge in [0.1, 0.15) is 6.33 Å². The van der Waals surface area contributed by atoms with Crippen LogP contribution in [0.5, 0.6) is 0 Å². The van der Waals surface area contributed by atoms with Crippen LogP contribution >= 0.6 is 11.5 Å². The molecule has 0 aliphatic carbocycles. The minimum atomic E-state index is -0.351. The minimum absolute atomic E-state index is 0.0454. The molecule has 2 rings (SSSR count). The summed E-state index contributed by atoms with van der Waals surface area (Å²) < 4.78 is 9.71. The van der Waals surface area contributed by atoms with Crippen LogP contribution in [0.15, 0.2) is 17.5 Å². The van der Waals surface area contributed by atoms with Gasteiger partial charge < -0.3 is 4.74 Å². The summed E-state index contributed by atoms with van der Waals surface area (Å²) in [7, 11) is 0. The molecule has 0 N–H and O–H groups in total. The Kier molecular flexibility index (Phi) is 3.26. The molecule has 17 heavy (non-hydrogen) atoms. The quantitative estimate of drug-likeness (QED) is 0.826. The predicted octanol–water partition coefficient (Wildman–Crippen LogP) is 1.97. The monoisotopic (exact) mass is 253 g/mol. The maximum Gasteiger partial charge on any atom is 0.258 e. The second-order valence-electron chi connectivity index (χ2n) is 4.24. The molecule has 0 saturated carbocycles. The molecular formula is C11H15N3O2S. The number of carbonyl (C=O) groups excluding carboxylic acids is 1. The van der Waals surface area contributed by atoms with Gasteiger partial charge in [0.2, 0.25) is 5.13 Å². The Balaban J connectivity index is 2.34. The van der Waals surface area contributed by atoms with Crippen LogP contribution in [-0.4, -0.2) is 27.6 Å². The number of aromatic nitrogens is 2. The lowest BCUT2D eigenvalue weighted by molar-refractivity contribution is -0.116. The average molecular weight is 253 g/mol. The number of ether oxygens (including phenoxy) is 1. The van der Waals surface area contributed by atoms with Crippen molar-refractivity contribution in [3.63, 3.8) is 0 Å². The summed E-state index contributed by atoms with van der Waals surface area (Å²) in [5, 5.41) is 0.580. The van der Waals surface area contributed by atoms with E-state index in [0.717, 1.165) is 11.1 Å². The van der Waals surface area contributed by atoms with E-state index in [2.05, 4.69) is 9.36 Å².